The Balaban J connectivity index is 1.40. The first-order valence-electron chi connectivity index (χ1n) is 8.61. The van der Waals surface area contributed by atoms with Crippen LogP contribution >= 0.6 is 11.6 Å². The SMILES string of the molecule is Clc1cc(CNC[C@@H]2CCCn3ccnc32)cc2c1OCCCO2. The lowest BCUT2D eigenvalue weighted by molar-refractivity contribution is 0.297. The third-order valence-electron chi connectivity index (χ3n) is 4.65. The summed E-state index contributed by atoms with van der Waals surface area (Å²) in [5, 5.41) is 4.17. The van der Waals surface area contributed by atoms with Crippen LogP contribution in [0.2, 0.25) is 5.02 Å². The van der Waals surface area contributed by atoms with E-state index in [0.717, 1.165) is 37.4 Å². The van der Waals surface area contributed by atoms with Crippen LogP contribution in [0.5, 0.6) is 11.5 Å². The predicted octanol–water partition coefficient (Wildman–Crippen LogP) is 3.37. The molecule has 0 bridgehead atoms. The van der Waals surface area contributed by atoms with Gasteiger partial charge < -0.3 is 19.4 Å². The zero-order chi connectivity index (χ0) is 16.4. The molecular formula is C18H22ClN3O2. The van der Waals surface area contributed by atoms with Crippen LogP contribution in [0.15, 0.2) is 24.5 Å². The molecule has 0 saturated heterocycles. The minimum Gasteiger partial charge on any atom is -0.489 e. The molecule has 1 aromatic heterocycles. The van der Waals surface area contributed by atoms with Gasteiger partial charge in [0.2, 0.25) is 0 Å². The monoisotopic (exact) mass is 347 g/mol. The van der Waals surface area contributed by atoms with Gasteiger partial charge in [0.05, 0.1) is 18.2 Å². The molecule has 0 unspecified atom stereocenters. The summed E-state index contributed by atoms with van der Waals surface area (Å²) < 4.78 is 13.7. The second-order valence-corrected chi connectivity index (χ2v) is 6.81. The number of halogens is 1. The molecule has 1 atom stereocenters. The predicted molar refractivity (Wildman–Crippen MR) is 93.0 cm³/mol. The van der Waals surface area contributed by atoms with E-state index in [4.69, 9.17) is 21.1 Å². The van der Waals surface area contributed by atoms with E-state index in [0.29, 0.717) is 29.9 Å². The van der Waals surface area contributed by atoms with Crippen LogP contribution < -0.4 is 14.8 Å². The lowest BCUT2D eigenvalue weighted by atomic mass is 9.99. The molecule has 2 aliphatic heterocycles. The van der Waals surface area contributed by atoms with Crippen LogP contribution in [-0.4, -0.2) is 29.3 Å². The van der Waals surface area contributed by atoms with E-state index in [-0.39, 0.29) is 0 Å². The minimum atomic E-state index is 0.477. The third-order valence-corrected chi connectivity index (χ3v) is 4.93. The summed E-state index contributed by atoms with van der Waals surface area (Å²) in [5.41, 5.74) is 1.11. The zero-order valence-electron chi connectivity index (χ0n) is 13.6. The van der Waals surface area contributed by atoms with E-state index < -0.39 is 0 Å². The fraction of sp³-hybridized carbons (Fsp3) is 0.500. The first-order valence-corrected chi connectivity index (χ1v) is 8.99. The van der Waals surface area contributed by atoms with E-state index >= 15 is 0 Å². The Morgan fingerprint density at radius 2 is 2.17 bits per heavy atom. The number of rotatable bonds is 4. The van der Waals surface area contributed by atoms with Crippen LogP contribution in [0.4, 0.5) is 0 Å². The van der Waals surface area contributed by atoms with E-state index in [1.165, 1.54) is 18.7 Å². The Bertz CT molecular complexity index is 716. The van der Waals surface area contributed by atoms with Gasteiger partial charge in [0, 0.05) is 44.4 Å². The summed E-state index contributed by atoms with van der Waals surface area (Å²) in [6.07, 6.45) is 7.26. The molecule has 0 amide bonds. The second kappa shape index (κ2) is 7.03. The van der Waals surface area contributed by atoms with Crippen LogP contribution in [0.1, 0.15) is 36.6 Å². The van der Waals surface area contributed by atoms with Crippen molar-refractivity contribution >= 4 is 11.6 Å². The van der Waals surface area contributed by atoms with Crippen molar-refractivity contribution < 1.29 is 9.47 Å². The first kappa shape index (κ1) is 15.8. The van der Waals surface area contributed by atoms with Crippen molar-refractivity contribution in [1.29, 1.82) is 0 Å². The second-order valence-electron chi connectivity index (χ2n) is 6.40. The van der Waals surface area contributed by atoms with E-state index in [1.54, 1.807) is 0 Å². The van der Waals surface area contributed by atoms with Gasteiger partial charge in [-0.2, -0.15) is 0 Å². The molecule has 24 heavy (non-hydrogen) atoms. The van der Waals surface area contributed by atoms with Crippen molar-refractivity contribution in [3.05, 3.63) is 40.9 Å². The topological polar surface area (TPSA) is 48.3 Å². The summed E-state index contributed by atoms with van der Waals surface area (Å²) in [6.45, 7) is 4.09. The van der Waals surface area contributed by atoms with Crippen molar-refractivity contribution in [3.8, 4) is 11.5 Å². The smallest absolute Gasteiger partial charge is 0.179 e. The van der Waals surface area contributed by atoms with Gasteiger partial charge in [-0.1, -0.05) is 11.6 Å². The summed E-state index contributed by atoms with van der Waals surface area (Å²) in [7, 11) is 0. The number of nitrogens with zero attached hydrogens (tertiary/aromatic N) is 2. The molecule has 0 radical (unpaired) electrons. The van der Waals surface area contributed by atoms with Gasteiger partial charge in [0.25, 0.3) is 0 Å². The lowest BCUT2D eigenvalue weighted by Crippen LogP contribution is -2.26. The Labute approximate surface area is 146 Å². The number of imidazole rings is 1. The van der Waals surface area contributed by atoms with Gasteiger partial charge in [-0.3, -0.25) is 0 Å². The summed E-state index contributed by atoms with van der Waals surface area (Å²) in [4.78, 5) is 4.51. The van der Waals surface area contributed by atoms with E-state index in [9.17, 15) is 0 Å². The minimum absolute atomic E-state index is 0.477. The molecule has 4 rings (SSSR count). The van der Waals surface area contributed by atoms with E-state index in [2.05, 4.69) is 21.1 Å². The van der Waals surface area contributed by atoms with Crippen LogP contribution in [-0.2, 0) is 13.1 Å². The molecule has 0 saturated carbocycles. The third kappa shape index (κ3) is 3.23. The van der Waals surface area contributed by atoms with Gasteiger partial charge in [-0.15, -0.1) is 0 Å². The largest absolute Gasteiger partial charge is 0.489 e. The average molecular weight is 348 g/mol. The Morgan fingerprint density at radius 1 is 1.25 bits per heavy atom. The Kier molecular flexibility index (Phi) is 4.63. The number of aryl methyl sites for hydroxylation is 1. The highest BCUT2D eigenvalue weighted by atomic mass is 35.5. The highest BCUT2D eigenvalue weighted by molar-refractivity contribution is 6.32. The fourth-order valence-electron chi connectivity index (χ4n) is 3.48. The van der Waals surface area contributed by atoms with Crippen molar-refractivity contribution in [2.45, 2.75) is 38.3 Å². The fourth-order valence-corrected chi connectivity index (χ4v) is 3.76. The average Bonchev–Trinajstić information content (AvgIpc) is 2.94. The molecule has 0 fully saturated rings. The maximum absolute atomic E-state index is 6.35. The Hall–Kier alpha value is -1.72. The maximum Gasteiger partial charge on any atom is 0.179 e. The van der Waals surface area contributed by atoms with Crippen molar-refractivity contribution in [1.82, 2.24) is 14.9 Å². The zero-order valence-corrected chi connectivity index (χ0v) is 14.4. The van der Waals surface area contributed by atoms with Gasteiger partial charge in [0.1, 0.15) is 5.82 Å². The number of hydrogen-bond acceptors (Lipinski definition) is 4. The number of benzene rings is 1. The molecule has 5 nitrogen and oxygen atoms in total. The van der Waals surface area contributed by atoms with Crippen molar-refractivity contribution in [2.24, 2.45) is 0 Å². The number of nitrogens with one attached hydrogen (secondary N) is 1. The van der Waals surface area contributed by atoms with Crippen LogP contribution in [0.25, 0.3) is 0 Å². The highest BCUT2D eigenvalue weighted by Gasteiger charge is 2.21. The van der Waals surface area contributed by atoms with Crippen LogP contribution in [0.3, 0.4) is 0 Å². The maximum atomic E-state index is 6.35. The van der Waals surface area contributed by atoms with Gasteiger partial charge in [0.15, 0.2) is 11.5 Å². The van der Waals surface area contributed by atoms with Crippen LogP contribution in [0, 0.1) is 0 Å². The Morgan fingerprint density at radius 3 is 3.12 bits per heavy atom. The quantitative estimate of drug-likeness (QED) is 0.921. The molecule has 2 aromatic rings. The standard InChI is InChI=1S/C18H22ClN3O2/c19-15-9-13(10-16-17(15)24-8-2-7-23-16)11-20-12-14-3-1-5-22-6-4-21-18(14)22/h4,6,9-10,14,20H,1-3,5,7-8,11-12H2/t14-/m0/s1. The molecular weight excluding hydrogens is 326 g/mol. The number of ether oxygens (including phenoxy) is 2. The molecule has 1 N–H and O–H groups in total. The first-order chi connectivity index (χ1) is 11.8. The normalized spacial score (nSPS) is 19.6. The summed E-state index contributed by atoms with van der Waals surface area (Å²) >= 11 is 6.35. The molecule has 0 aliphatic carbocycles. The summed E-state index contributed by atoms with van der Waals surface area (Å²) in [6, 6.07) is 3.99. The summed E-state index contributed by atoms with van der Waals surface area (Å²) in [5.74, 6) is 3.10. The van der Waals surface area contributed by atoms with Gasteiger partial charge in [-0.25, -0.2) is 4.98 Å². The number of fused-ring (bicyclic) bond motifs is 2. The molecule has 3 heterocycles. The highest BCUT2D eigenvalue weighted by Crippen LogP contribution is 2.38. The van der Waals surface area contributed by atoms with Gasteiger partial charge >= 0.3 is 0 Å². The molecule has 1 aromatic carbocycles. The lowest BCUT2D eigenvalue weighted by Gasteiger charge is -2.23. The molecule has 128 valence electrons. The number of hydrogen-bond donors (Lipinski definition) is 1. The van der Waals surface area contributed by atoms with E-state index in [1.807, 2.05) is 18.3 Å². The molecule has 2 aliphatic rings. The van der Waals surface area contributed by atoms with Crippen molar-refractivity contribution in [2.75, 3.05) is 19.8 Å². The van der Waals surface area contributed by atoms with Crippen molar-refractivity contribution in [3.63, 3.8) is 0 Å². The molecule has 6 heteroatoms. The number of aromatic nitrogens is 2. The van der Waals surface area contributed by atoms with Gasteiger partial charge in [-0.05, 0) is 30.5 Å². The molecule has 0 spiro atoms.